The highest BCUT2D eigenvalue weighted by atomic mass is 16.3. The van der Waals surface area contributed by atoms with Crippen molar-refractivity contribution in [3.63, 3.8) is 0 Å². The zero-order valence-corrected chi connectivity index (χ0v) is 32.4. The number of furan rings is 1. The van der Waals surface area contributed by atoms with E-state index >= 15 is 0 Å². The summed E-state index contributed by atoms with van der Waals surface area (Å²) in [5, 5.41) is 9.86. The molecule has 0 amide bonds. The molecule has 0 spiro atoms. The van der Waals surface area contributed by atoms with Gasteiger partial charge in [-0.05, 0) is 135 Å². The van der Waals surface area contributed by atoms with Crippen LogP contribution in [0, 0.1) is 0 Å². The van der Waals surface area contributed by atoms with Crippen LogP contribution in [-0.4, -0.2) is 0 Å². The minimum Gasteiger partial charge on any atom is -0.456 e. The van der Waals surface area contributed by atoms with E-state index < -0.39 is 0 Å². The maximum absolute atomic E-state index is 6.21. The molecule has 0 bridgehead atoms. The summed E-state index contributed by atoms with van der Waals surface area (Å²) < 4.78 is 6.21. The Bertz CT molecular complexity index is 3410. The van der Waals surface area contributed by atoms with Crippen molar-refractivity contribution in [3.05, 3.63) is 205 Å². The van der Waals surface area contributed by atoms with E-state index in [0.717, 1.165) is 21.9 Å². The number of benzene rings is 10. The van der Waals surface area contributed by atoms with Crippen molar-refractivity contribution in [2.75, 3.05) is 0 Å². The van der Waals surface area contributed by atoms with Crippen LogP contribution >= 0.6 is 0 Å². The summed E-state index contributed by atoms with van der Waals surface area (Å²) in [7, 11) is 0. The first kappa shape index (κ1) is 33.0. The first-order chi connectivity index (χ1) is 28.5. The average Bonchev–Trinajstić information content (AvgIpc) is 3.75. The molecule has 0 saturated heterocycles. The van der Waals surface area contributed by atoms with Gasteiger partial charge in [0.2, 0.25) is 0 Å². The molecular weight excluding hydrogens is 701 g/mol. The van der Waals surface area contributed by atoms with Gasteiger partial charge in [-0.3, -0.25) is 0 Å². The van der Waals surface area contributed by atoms with Gasteiger partial charge in [-0.25, -0.2) is 0 Å². The highest BCUT2D eigenvalue weighted by Gasteiger charge is 2.35. The second-order valence-corrected chi connectivity index (χ2v) is 16.4. The van der Waals surface area contributed by atoms with Crippen molar-refractivity contribution in [2.24, 2.45) is 0 Å². The van der Waals surface area contributed by atoms with Crippen LogP contribution in [0.3, 0.4) is 0 Å². The third kappa shape index (κ3) is 4.83. The molecule has 1 heterocycles. The molecule has 1 aliphatic carbocycles. The van der Waals surface area contributed by atoms with E-state index in [1.807, 2.05) is 12.1 Å². The zero-order chi connectivity index (χ0) is 38.5. The second-order valence-electron chi connectivity index (χ2n) is 16.4. The fraction of sp³-hybridized carbons (Fsp3) is 0.0526. The number of hydrogen-bond donors (Lipinski definition) is 0. The average molecular weight is 739 g/mol. The van der Waals surface area contributed by atoms with E-state index in [9.17, 15) is 0 Å². The molecule has 272 valence electrons. The minimum absolute atomic E-state index is 0.0474. The molecule has 0 unspecified atom stereocenters. The summed E-state index contributed by atoms with van der Waals surface area (Å²) >= 11 is 0. The van der Waals surface area contributed by atoms with Crippen molar-refractivity contribution in [1.29, 1.82) is 0 Å². The van der Waals surface area contributed by atoms with Crippen LogP contribution in [0.25, 0.3) is 110 Å². The van der Waals surface area contributed by atoms with Crippen LogP contribution in [-0.2, 0) is 5.41 Å². The van der Waals surface area contributed by atoms with Gasteiger partial charge in [0, 0.05) is 16.2 Å². The third-order valence-electron chi connectivity index (χ3n) is 12.9. The standard InChI is InChI=1S/C57H38O/c1-57(2)51-29-27-39(32-48(51)49-31-37-13-3-4-14-38(37)34-52(49)57)35-23-25-36(26-24-35)55-44-18-7-9-20-46(44)56(47-21-10-8-19-45(47)55)43-17-6-5-15-41(43)40-28-30-54-50(33-40)42-16-11-12-22-53(42)58-54/h3-34H,1-2H3. The van der Waals surface area contributed by atoms with Crippen molar-refractivity contribution in [2.45, 2.75) is 19.3 Å². The van der Waals surface area contributed by atoms with Gasteiger partial charge in [-0.2, -0.15) is 0 Å². The fourth-order valence-corrected chi connectivity index (χ4v) is 10.0. The molecule has 0 N–H and O–H groups in total. The van der Waals surface area contributed by atoms with Gasteiger partial charge >= 0.3 is 0 Å². The summed E-state index contributed by atoms with van der Waals surface area (Å²) in [4.78, 5) is 0. The lowest BCUT2D eigenvalue weighted by Crippen LogP contribution is -2.14. The topological polar surface area (TPSA) is 13.1 Å². The summed E-state index contributed by atoms with van der Waals surface area (Å²) in [5.74, 6) is 0. The predicted molar refractivity (Wildman–Crippen MR) is 246 cm³/mol. The number of rotatable bonds is 4. The molecule has 1 aliphatic rings. The largest absolute Gasteiger partial charge is 0.456 e. The van der Waals surface area contributed by atoms with Crippen LogP contribution in [0.5, 0.6) is 0 Å². The molecule has 58 heavy (non-hydrogen) atoms. The molecule has 11 aromatic rings. The van der Waals surface area contributed by atoms with Crippen LogP contribution in [0.15, 0.2) is 199 Å². The molecular formula is C57H38O. The predicted octanol–water partition coefficient (Wildman–Crippen LogP) is 16.0. The van der Waals surface area contributed by atoms with Crippen LogP contribution in [0.2, 0.25) is 0 Å². The first-order valence-corrected chi connectivity index (χ1v) is 20.2. The number of fused-ring (bicyclic) bond motifs is 9. The Labute approximate surface area is 337 Å². The van der Waals surface area contributed by atoms with Gasteiger partial charge < -0.3 is 4.42 Å². The Morgan fingerprint density at radius 2 is 0.828 bits per heavy atom. The van der Waals surface area contributed by atoms with Gasteiger partial charge in [-0.1, -0.05) is 172 Å². The maximum Gasteiger partial charge on any atom is 0.135 e. The molecule has 0 aliphatic heterocycles. The second kappa shape index (κ2) is 12.4. The van der Waals surface area contributed by atoms with Crippen molar-refractivity contribution in [3.8, 4) is 55.6 Å². The molecule has 12 rings (SSSR count). The van der Waals surface area contributed by atoms with Gasteiger partial charge in [0.25, 0.3) is 0 Å². The van der Waals surface area contributed by atoms with Gasteiger partial charge in [0.15, 0.2) is 0 Å². The lowest BCUT2D eigenvalue weighted by atomic mass is 9.81. The van der Waals surface area contributed by atoms with E-state index in [0.29, 0.717) is 0 Å². The Morgan fingerprint density at radius 3 is 1.55 bits per heavy atom. The molecule has 1 nitrogen and oxygen atoms in total. The first-order valence-electron chi connectivity index (χ1n) is 20.2. The quantitative estimate of drug-likeness (QED) is 0.164. The van der Waals surface area contributed by atoms with Gasteiger partial charge in [0.05, 0.1) is 0 Å². The molecule has 1 heteroatoms. The monoisotopic (exact) mass is 738 g/mol. The van der Waals surface area contributed by atoms with E-state index in [1.165, 1.54) is 99.1 Å². The SMILES string of the molecule is CC1(C)c2ccc(-c3ccc(-c4c5ccccc5c(-c5ccccc5-c5ccc6oc7ccccc7c6c5)c5ccccc45)cc3)cc2-c2cc3ccccc3cc21. The highest BCUT2D eigenvalue weighted by Crippen LogP contribution is 2.51. The molecule has 0 radical (unpaired) electrons. The molecule has 1 aromatic heterocycles. The summed E-state index contributed by atoms with van der Waals surface area (Å²) in [5.41, 5.74) is 17.1. The zero-order valence-electron chi connectivity index (χ0n) is 32.4. The molecule has 0 fully saturated rings. The van der Waals surface area contributed by atoms with Crippen LogP contribution in [0.4, 0.5) is 0 Å². The Kier molecular flexibility index (Phi) is 7.04. The van der Waals surface area contributed by atoms with Gasteiger partial charge in [0.1, 0.15) is 11.2 Å². The van der Waals surface area contributed by atoms with Crippen LogP contribution in [0.1, 0.15) is 25.0 Å². The highest BCUT2D eigenvalue weighted by molar-refractivity contribution is 6.22. The summed E-state index contributed by atoms with van der Waals surface area (Å²) in [6.45, 7) is 4.72. The normalized spacial score (nSPS) is 13.1. The van der Waals surface area contributed by atoms with E-state index in [2.05, 4.69) is 196 Å². The number of para-hydroxylation sites is 1. The Balaban J connectivity index is 0.993. The van der Waals surface area contributed by atoms with Crippen molar-refractivity contribution in [1.82, 2.24) is 0 Å². The third-order valence-corrected chi connectivity index (χ3v) is 12.9. The fourth-order valence-electron chi connectivity index (χ4n) is 10.0. The lowest BCUT2D eigenvalue weighted by Gasteiger charge is -2.22. The molecule has 10 aromatic carbocycles. The summed E-state index contributed by atoms with van der Waals surface area (Å²) in [6, 6.07) is 71.5. The Hall–Kier alpha value is -7.22. The number of hydrogen-bond acceptors (Lipinski definition) is 1. The van der Waals surface area contributed by atoms with E-state index in [1.54, 1.807) is 0 Å². The summed E-state index contributed by atoms with van der Waals surface area (Å²) in [6.07, 6.45) is 0. The molecule has 0 atom stereocenters. The maximum atomic E-state index is 6.21. The van der Waals surface area contributed by atoms with Crippen LogP contribution < -0.4 is 0 Å². The van der Waals surface area contributed by atoms with E-state index in [4.69, 9.17) is 4.42 Å². The minimum atomic E-state index is -0.0474. The van der Waals surface area contributed by atoms with E-state index in [-0.39, 0.29) is 5.41 Å². The van der Waals surface area contributed by atoms with Gasteiger partial charge in [-0.15, -0.1) is 0 Å². The smallest absolute Gasteiger partial charge is 0.135 e. The molecule has 0 saturated carbocycles. The van der Waals surface area contributed by atoms with Crippen molar-refractivity contribution < 1.29 is 4.42 Å². The van der Waals surface area contributed by atoms with Crippen molar-refractivity contribution >= 4 is 54.3 Å². The lowest BCUT2D eigenvalue weighted by molar-refractivity contribution is 0.661. The Morgan fingerprint density at radius 1 is 0.310 bits per heavy atom.